The second kappa shape index (κ2) is 9.51. The minimum absolute atomic E-state index is 0.0245. The number of hydrogen-bond donors (Lipinski definition) is 1. The third-order valence-electron chi connectivity index (χ3n) is 5.08. The molecule has 0 spiro atoms. The molecular weight excluding hydrogens is 445 g/mol. The second-order valence-electron chi connectivity index (χ2n) is 7.37. The quantitative estimate of drug-likeness (QED) is 0.386. The Morgan fingerprint density at radius 1 is 1.09 bits per heavy atom. The van der Waals surface area contributed by atoms with Crippen LogP contribution < -0.4 is 5.32 Å². The van der Waals surface area contributed by atoms with Crippen LogP contribution >= 0.6 is 0 Å². The van der Waals surface area contributed by atoms with E-state index in [2.05, 4.69) is 10.4 Å². The van der Waals surface area contributed by atoms with Crippen molar-refractivity contribution in [3.8, 4) is 5.69 Å². The summed E-state index contributed by atoms with van der Waals surface area (Å²) in [5.41, 5.74) is -0.938. The third-order valence-corrected chi connectivity index (χ3v) is 5.08. The lowest BCUT2D eigenvalue weighted by molar-refractivity contribution is -0.141. The Hall–Kier alpha value is -3.56. The maximum atomic E-state index is 14.2. The molecule has 1 atom stereocenters. The molecule has 3 rings (SSSR count). The molecule has 3 aromatic rings. The molecule has 0 aliphatic heterocycles. The molecule has 0 saturated heterocycles. The highest BCUT2D eigenvalue weighted by atomic mass is 19.4. The van der Waals surface area contributed by atoms with Gasteiger partial charge in [0, 0.05) is 6.42 Å². The molecule has 10 heteroatoms. The SMILES string of the molecule is CCC(=O)c1ccc(C(C)C(=O)NCc2cc(C(F)(F)F)nn2-c2cccc(F)c2)cc1F. The van der Waals surface area contributed by atoms with Gasteiger partial charge in [0.2, 0.25) is 5.91 Å². The van der Waals surface area contributed by atoms with E-state index in [-0.39, 0.29) is 35.7 Å². The van der Waals surface area contributed by atoms with E-state index >= 15 is 0 Å². The minimum atomic E-state index is -4.74. The molecule has 1 aromatic heterocycles. The maximum absolute atomic E-state index is 14.2. The lowest BCUT2D eigenvalue weighted by atomic mass is 9.97. The standard InChI is InChI=1S/C23H20F5N3O2/c1-3-20(32)18-8-7-14(9-19(18)25)13(2)22(33)29-12-17-11-21(23(26,27)28)30-31(17)16-6-4-5-15(24)10-16/h4-11,13H,3,12H2,1-2H3,(H,29,33). The number of hydrogen-bond acceptors (Lipinski definition) is 3. The summed E-state index contributed by atoms with van der Waals surface area (Å²) < 4.78 is 68.3. The predicted octanol–water partition coefficient (Wildman–Crippen LogP) is 5.18. The lowest BCUT2D eigenvalue weighted by Gasteiger charge is -2.14. The predicted molar refractivity (Wildman–Crippen MR) is 110 cm³/mol. The monoisotopic (exact) mass is 465 g/mol. The molecular formula is C23H20F5N3O2. The Labute approximate surface area is 186 Å². The average molecular weight is 465 g/mol. The number of Topliss-reactive ketones (excluding diaryl/α,β-unsaturated/α-hetero) is 1. The molecule has 1 amide bonds. The van der Waals surface area contributed by atoms with Gasteiger partial charge in [-0.25, -0.2) is 13.5 Å². The van der Waals surface area contributed by atoms with Crippen molar-refractivity contribution < 1.29 is 31.5 Å². The number of nitrogens with one attached hydrogen (secondary N) is 1. The fourth-order valence-corrected chi connectivity index (χ4v) is 3.22. The van der Waals surface area contributed by atoms with Crippen LogP contribution in [-0.2, 0) is 17.5 Å². The maximum Gasteiger partial charge on any atom is 0.435 e. The third kappa shape index (κ3) is 5.44. The van der Waals surface area contributed by atoms with Gasteiger partial charge < -0.3 is 5.32 Å². The Balaban J connectivity index is 1.81. The van der Waals surface area contributed by atoms with Crippen LogP contribution in [0.1, 0.15) is 53.5 Å². The van der Waals surface area contributed by atoms with Gasteiger partial charge in [0.05, 0.1) is 29.4 Å². The molecule has 0 aliphatic rings. The number of nitrogens with zero attached hydrogens (tertiary/aromatic N) is 2. The van der Waals surface area contributed by atoms with E-state index in [1.807, 2.05) is 0 Å². The van der Waals surface area contributed by atoms with Crippen LogP contribution in [0.2, 0.25) is 0 Å². The number of halogens is 5. The van der Waals surface area contributed by atoms with Crippen LogP contribution in [0.15, 0.2) is 48.5 Å². The first-order chi connectivity index (χ1) is 15.5. The molecule has 1 heterocycles. The van der Waals surface area contributed by atoms with Crippen molar-refractivity contribution in [2.45, 2.75) is 38.9 Å². The minimum Gasteiger partial charge on any atom is -0.350 e. The Morgan fingerprint density at radius 2 is 1.82 bits per heavy atom. The largest absolute Gasteiger partial charge is 0.435 e. The molecule has 0 fully saturated rings. The summed E-state index contributed by atoms with van der Waals surface area (Å²) in [6.45, 7) is 2.76. The van der Waals surface area contributed by atoms with E-state index in [9.17, 15) is 31.5 Å². The highest BCUT2D eigenvalue weighted by Gasteiger charge is 2.35. The van der Waals surface area contributed by atoms with Crippen LogP contribution in [0.25, 0.3) is 5.69 Å². The topological polar surface area (TPSA) is 64.0 Å². The van der Waals surface area contributed by atoms with E-state index in [1.54, 1.807) is 6.92 Å². The number of alkyl halides is 3. The zero-order valence-electron chi connectivity index (χ0n) is 17.7. The van der Waals surface area contributed by atoms with Gasteiger partial charge in [0.25, 0.3) is 0 Å². The first-order valence-electron chi connectivity index (χ1n) is 10.0. The Bertz CT molecular complexity index is 1190. The second-order valence-corrected chi connectivity index (χ2v) is 7.37. The van der Waals surface area contributed by atoms with Crippen molar-refractivity contribution in [3.63, 3.8) is 0 Å². The van der Waals surface area contributed by atoms with Gasteiger partial charge in [-0.15, -0.1) is 0 Å². The van der Waals surface area contributed by atoms with E-state index in [4.69, 9.17) is 0 Å². The molecule has 2 aromatic carbocycles. The number of ketones is 1. The summed E-state index contributed by atoms with van der Waals surface area (Å²) in [6, 6.07) is 9.47. The van der Waals surface area contributed by atoms with Crippen molar-refractivity contribution in [1.82, 2.24) is 15.1 Å². The lowest BCUT2D eigenvalue weighted by Crippen LogP contribution is -2.28. The molecule has 1 N–H and O–H groups in total. The molecule has 0 bridgehead atoms. The van der Waals surface area contributed by atoms with Crippen LogP contribution in [-0.4, -0.2) is 21.5 Å². The molecule has 0 aliphatic carbocycles. The molecule has 0 radical (unpaired) electrons. The van der Waals surface area contributed by atoms with Crippen molar-refractivity contribution >= 4 is 11.7 Å². The number of carbonyl (C=O) groups excluding carboxylic acids is 2. The van der Waals surface area contributed by atoms with Gasteiger partial charge in [-0.3, -0.25) is 9.59 Å². The average Bonchev–Trinajstić information content (AvgIpc) is 3.21. The molecule has 1 unspecified atom stereocenters. The van der Waals surface area contributed by atoms with Crippen LogP contribution in [0.5, 0.6) is 0 Å². The van der Waals surface area contributed by atoms with Gasteiger partial charge in [0.15, 0.2) is 11.5 Å². The first kappa shape index (κ1) is 24.1. The number of amides is 1. The number of carbonyl (C=O) groups is 2. The van der Waals surface area contributed by atoms with Gasteiger partial charge in [-0.1, -0.05) is 19.1 Å². The highest BCUT2D eigenvalue weighted by molar-refractivity contribution is 5.96. The van der Waals surface area contributed by atoms with E-state index in [0.29, 0.717) is 5.56 Å². The Kier molecular flexibility index (Phi) is 6.95. The van der Waals surface area contributed by atoms with Gasteiger partial charge in [0.1, 0.15) is 11.6 Å². The van der Waals surface area contributed by atoms with Crippen molar-refractivity contribution in [2.75, 3.05) is 0 Å². The fourth-order valence-electron chi connectivity index (χ4n) is 3.22. The fraction of sp³-hybridized carbons (Fsp3) is 0.261. The molecule has 5 nitrogen and oxygen atoms in total. The normalized spacial score (nSPS) is 12.5. The zero-order valence-corrected chi connectivity index (χ0v) is 17.7. The van der Waals surface area contributed by atoms with Crippen molar-refractivity contribution in [3.05, 3.63) is 82.7 Å². The van der Waals surface area contributed by atoms with Crippen LogP contribution in [0.3, 0.4) is 0 Å². The first-order valence-corrected chi connectivity index (χ1v) is 10.0. The summed E-state index contributed by atoms with van der Waals surface area (Å²) in [5.74, 6) is -3.21. The number of rotatable bonds is 7. The summed E-state index contributed by atoms with van der Waals surface area (Å²) in [4.78, 5) is 24.3. The summed E-state index contributed by atoms with van der Waals surface area (Å²) in [7, 11) is 0. The van der Waals surface area contributed by atoms with Gasteiger partial charge >= 0.3 is 6.18 Å². The summed E-state index contributed by atoms with van der Waals surface area (Å²) >= 11 is 0. The zero-order chi connectivity index (χ0) is 24.3. The van der Waals surface area contributed by atoms with Crippen LogP contribution in [0.4, 0.5) is 22.0 Å². The van der Waals surface area contributed by atoms with Crippen molar-refractivity contribution in [1.29, 1.82) is 0 Å². The summed E-state index contributed by atoms with van der Waals surface area (Å²) in [5, 5.41) is 6.02. The van der Waals surface area contributed by atoms with Gasteiger partial charge in [-0.2, -0.15) is 18.3 Å². The molecule has 33 heavy (non-hydrogen) atoms. The highest BCUT2D eigenvalue weighted by Crippen LogP contribution is 2.30. The van der Waals surface area contributed by atoms with Gasteiger partial charge in [-0.05, 0) is 48.9 Å². The Morgan fingerprint density at radius 3 is 2.42 bits per heavy atom. The van der Waals surface area contributed by atoms with E-state index in [0.717, 1.165) is 28.9 Å². The van der Waals surface area contributed by atoms with Crippen LogP contribution in [0, 0.1) is 11.6 Å². The van der Waals surface area contributed by atoms with Crippen molar-refractivity contribution in [2.24, 2.45) is 0 Å². The smallest absolute Gasteiger partial charge is 0.350 e. The number of benzene rings is 2. The van der Waals surface area contributed by atoms with E-state index in [1.165, 1.54) is 31.2 Å². The molecule has 0 saturated carbocycles. The summed E-state index contributed by atoms with van der Waals surface area (Å²) in [6.07, 6.45) is -4.61. The number of aromatic nitrogens is 2. The van der Waals surface area contributed by atoms with E-state index < -0.39 is 35.3 Å². The molecule has 174 valence electrons.